The second-order valence-corrected chi connectivity index (χ2v) is 4.54. The number of aromatic nitrogens is 4. The molecule has 20 heavy (non-hydrogen) atoms. The maximum absolute atomic E-state index is 10.9. The van der Waals surface area contributed by atoms with E-state index in [0.29, 0.717) is 12.2 Å². The van der Waals surface area contributed by atoms with E-state index >= 15 is 0 Å². The minimum atomic E-state index is -0.865. The fraction of sp³-hybridized carbons (Fsp3) is 0.385. The summed E-state index contributed by atoms with van der Waals surface area (Å²) in [5, 5.41) is 20.3. The number of benzene rings is 1. The van der Waals surface area contributed by atoms with Gasteiger partial charge in [0, 0.05) is 6.42 Å². The van der Waals surface area contributed by atoms with Gasteiger partial charge in [-0.1, -0.05) is 19.1 Å². The van der Waals surface area contributed by atoms with Crippen molar-refractivity contribution in [1.82, 2.24) is 20.2 Å². The third kappa shape index (κ3) is 3.31. The number of rotatable bonds is 6. The van der Waals surface area contributed by atoms with Gasteiger partial charge in [-0.05, 0) is 28.1 Å². The summed E-state index contributed by atoms with van der Waals surface area (Å²) in [7, 11) is 1.61. The maximum Gasteiger partial charge on any atom is 0.308 e. The molecule has 2 rings (SSSR count). The van der Waals surface area contributed by atoms with E-state index in [1.54, 1.807) is 14.0 Å². The highest BCUT2D eigenvalue weighted by atomic mass is 16.5. The number of carboxylic acids is 1. The van der Waals surface area contributed by atoms with Crippen LogP contribution in [0.4, 0.5) is 0 Å². The van der Waals surface area contributed by atoms with Crippen LogP contribution < -0.4 is 4.74 Å². The van der Waals surface area contributed by atoms with E-state index in [1.807, 2.05) is 24.3 Å². The summed E-state index contributed by atoms with van der Waals surface area (Å²) in [5.74, 6) is 0.0279. The fourth-order valence-corrected chi connectivity index (χ4v) is 1.76. The SMILES string of the molecule is COc1ccc(Cc2nnnn2CC(C)C(=O)O)cc1. The van der Waals surface area contributed by atoms with E-state index in [-0.39, 0.29) is 6.54 Å². The van der Waals surface area contributed by atoms with Gasteiger partial charge < -0.3 is 9.84 Å². The average Bonchev–Trinajstić information content (AvgIpc) is 2.86. The van der Waals surface area contributed by atoms with E-state index < -0.39 is 11.9 Å². The lowest BCUT2D eigenvalue weighted by atomic mass is 10.1. The summed E-state index contributed by atoms with van der Waals surface area (Å²) >= 11 is 0. The van der Waals surface area contributed by atoms with Gasteiger partial charge in [0.25, 0.3) is 0 Å². The van der Waals surface area contributed by atoms with Crippen LogP contribution in [0, 0.1) is 5.92 Å². The third-order valence-corrected chi connectivity index (χ3v) is 3.00. The molecule has 0 saturated carbocycles. The summed E-state index contributed by atoms with van der Waals surface area (Å²) in [6, 6.07) is 7.59. The highest BCUT2D eigenvalue weighted by Gasteiger charge is 2.15. The van der Waals surface area contributed by atoms with Crippen LogP contribution in [0.25, 0.3) is 0 Å². The molecule has 0 bridgehead atoms. The molecule has 1 atom stereocenters. The zero-order valence-corrected chi connectivity index (χ0v) is 11.4. The van der Waals surface area contributed by atoms with Gasteiger partial charge >= 0.3 is 5.97 Å². The van der Waals surface area contributed by atoms with Crippen molar-refractivity contribution in [2.24, 2.45) is 5.92 Å². The quantitative estimate of drug-likeness (QED) is 0.846. The van der Waals surface area contributed by atoms with Gasteiger partial charge in [0.2, 0.25) is 0 Å². The van der Waals surface area contributed by atoms with Gasteiger partial charge in [-0.2, -0.15) is 0 Å². The van der Waals surface area contributed by atoms with Crippen molar-refractivity contribution in [2.75, 3.05) is 7.11 Å². The number of aliphatic carboxylic acids is 1. The van der Waals surface area contributed by atoms with E-state index in [0.717, 1.165) is 11.3 Å². The van der Waals surface area contributed by atoms with Gasteiger partial charge in [-0.3, -0.25) is 4.79 Å². The number of nitrogens with zero attached hydrogens (tertiary/aromatic N) is 4. The molecule has 7 heteroatoms. The number of hydrogen-bond donors (Lipinski definition) is 1. The van der Waals surface area contributed by atoms with Gasteiger partial charge in [-0.15, -0.1) is 5.10 Å². The molecule has 7 nitrogen and oxygen atoms in total. The first-order valence-electron chi connectivity index (χ1n) is 6.21. The van der Waals surface area contributed by atoms with Crippen LogP contribution in [0.5, 0.6) is 5.75 Å². The summed E-state index contributed by atoms with van der Waals surface area (Å²) in [5.41, 5.74) is 1.03. The van der Waals surface area contributed by atoms with E-state index in [2.05, 4.69) is 15.5 Å². The molecule has 1 heterocycles. The Hall–Kier alpha value is -2.44. The Labute approximate surface area is 116 Å². The first-order valence-corrected chi connectivity index (χ1v) is 6.21. The molecule has 0 aliphatic rings. The van der Waals surface area contributed by atoms with Crippen molar-refractivity contribution in [3.05, 3.63) is 35.7 Å². The van der Waals surface area contributed by atoms with Crippen LogP contribution in [-0.2, 0) is 17.8 Å². The molecule has 0 spiro atoms. The minimum absolute atomic E-state index is 0.258. The highest BCUT2D eigenvalue weighted by molar-refractivity contribution is 5.69. The van der Waals surface area contributed by atoms with Crippen molar-refractivity contribution in [3.63, 3.8) is 0 Å². The average molecular weight is 276 g/mol. The molecular formula is C13H16N4O3. The van der Waals surface area contributed by atoms with Crippen molar-refractivity contribution in [1.29, 1.82) is 0 Å². The monoisotopic (exact) mass is 276 g/mol. The Morgan fingerprint density at radius 3 is 2.70 bits per heavy atom. The zero-order chi connectivity index (χ0) is 14.5. The molecule has 2 aromatic rings. The molecule has 1 aromatic carbocycles. The van der Waals surface area contributed by atoms with Crippen LogP contribution in [-0.4, -0.2) is 38.4 Å². The van der Waals surface area contributed by atoms with Gasteiger partial charge in [0.15, 0.2) is 5.82 Å². The summed E-state index contributed by atoms with van der Waals surface area (Å²) in [4.78, 5) is 10.9. The molecule has 0 aliphatic heterocycles. The van der Waals surface area contributed by atoms with Crippen LogP contribution in [0.3, 0.4) is 0 Å². The molecule has 1 aromatic heterocycles. The van der Waals surface area contributed by atoms with E-state index in [1.165, 1.54) is 4.68 Å². The largest absolute Gasteiger partial charge is 0.497 e. The lowest BCUT2D eigenvalue weighted by Gasteiger charge is -2.08. The Kier molecular flexibility index (Phi) is 4.29. The van der Waals surface area contributed by atoms with Gasteiger partial charge in [-0.25, -0.2) is 4.68 Å². The molecule has 106 valence electrons. The number of carboxylic acid groups (broad SMARTS) is 1. The topological polar surface area (TPSA) is 90.1 Å². The lowest BCUT2D eigenvalue weighted by Crippen LogP contribution is -2.19. The lowest BCUT2D eigenvalue weighted by molar-refractivity contribution is -0.141. The summed E-state index contributed by atoms with van der Waals surface area (Å²) < 4.78 is 6.63. The Morgan fingerprint density at radius 2 is 2.10 bits per heavy atom. The molecule has 0 fully saturated rings. The highest BCUT2D eigenvalue weighted by Crippen LogP contribution is 2.14. The molecule has 0 radical (unpaired) electrons. The van der Waals surface area contributed by atoms with Crippen LogP contribution in [0.15, 0.2) is 24.3 Å². The van der Waals surface area contributed by atoms with Crippen LogP contribution >= 0.6 is 0 Å². The normalized spacial score (nSPS) is 12.1. The van der Waals surface area contributed by atoms with Crippen molar-refractivity contribution in [3.8, 4) is 5.75 Å². The Balaban J connectivity index is 2.09. The molecule has 1 unspecified atom stereocenters. The van der Waals surface area contributed by atoms with Crippen molar-refractivity contribution >= 4 is 5.97 Å². The molecule has 0 amide bonds. The smallest absolute Gasteiger partial charge is 0.308 e. The van der Waals surface area contributed by atoms with Crippen LogP contribution in [0.2, 0.25) is 0 Å². The van der Waals surface area contributed by atoms with Crippen molar-refractivity contribution < 1.29 is 14.6 Å². The number of methoxy groups -OCH3 is 1. The summed E-state index contributed by atoms with van der Waals surface area (Å²) in [6.07, 6.45) is 0.545. The first-order chi connectivity index (χ1) is 9.60. The number of hydrogen-bond acceptors (Lipinski definition) is 5. The Bertz CT molecular complexity index is 580. The number of tetrazole rings is 1. The molecule has 1 N–H and O–H groups in total. The molecule has 0 saturated heterocycles. The minimum Gasteiger partial charge on any atom is -0.497 e. The third-order valence-electron chi connectivity index (χ3n) is 3.00. The van der Waals surface area contributed by atoms with E-state index in [4.69, 9.17) is 9.84 Å². The van der Waals surface area contributed by atoms with Gasteiger partial charge in [0.05, 0.1) is 19.6 Å². The predicted molar refractivity (Wildman–Crippen MR) is 70.4 cm³/mol. The fourth-order valence-electron chi connectivity index (χ4n) is 1.76. The zero-order valence-electron chi connectivity index (χ0n) is 11.4. The first kappa shape index (κ1) is 14.0. The summed E-state index contributed by atoms with van der Waals surface area (Å²) in [6.45, 7) is 1.88. The van der Waals surface area contributed by atoms with Gasteiger partial charge in [0.1, 0.15) is 5.75 Å². The standard InChI is InChI=1S/C13H16N4O3/c1-9(13(18)19)8-17-12(14-15-16-17)7-10-3-5-11(20-2)6-4-10/h3-6,9H,7-8H2,1-2H3,(H,18,19). The second kappa shape index (κ2) is 6.14. The van der Waals surface area contributed by atoms with E-state index in [9.17, 15) is 4.79 Å². The number of carbonyl (C=O) groups is 1. The maximum atomic E-state index is 10.9. The molecular weight excluding hydrogens is 260 g/mol. The van der Waals surface area contributed by atoms with Crippen molar-refractivity contribution in [2.45, 2.75) is 19.9 Å². The number of ether oxygens (including phenoxy) is 1. The van der Waals surface area contributed by atoms with Crippen LogP contribution in [0.1, 0.15) is 18.3 Å². The predicted octanol–water partition coefficient (Wildman–Crippen LogP) is 0.993. The second-order valence-electron chi connectivity index (χ2n) is 4.54. The molecule has 0 aliphatic carbocycles. The Morgan fingerprint density at radius 1 is 1.40 bits per heavy atom.